The van der Waals surface area contributed by atoms with Crippen molar-refractivity contribution in [2.24, 2.45) is 0 Å². The van der Waals surface area contributed by atoms with E-state index in [-0.39, 0.29) is 18.0 Å². The molecule has 0 spiro atoms. The number of amides is 2. The molecule has 2 aromatic rings. The van der Waals surface area contributed by atoms with Gasteiger partial charge in [-0.15, -0.1) is 0 Å². The van der Waals surface area contributed by atoms with Gasteiger partial charge in [0.25, 0.3) is 5.91 Å². The number of hydrogen-bond acceptors (Lipinski definition) is 6. The summed E-state index contributed by atoms with van der Waals surface area (Å²) in [6.45, 7) is 3.49. The Morgan fingerprint density at radius 2 is 1.93 bits per heavy atom. The van der Waals surface area contributed by atoms with Crippen LogP contribution in [-0.4, -0.2) is 54.7 Å². The van der Waals surface area contributed by atoms with Crippen LogP contribution in [0.5, 0.6) is 5.75 Å². The number of ether oxygens (including phenoxy) is 2. The Labute approximate surface area is 170 Å². The largest absolute Gasteiger partial charge is 0.495 e. The highest BCUT2D eigenvalue weighted by Gasteiger charge is 2.23. The molecule has 2 heterocycles. The van der Waals surface area contributed by atoms with Crippen molar-refractivity contribution in [3.63, 3.8) is 0 Å². The Hall–Kier alpha value is -3.29. The summed E-state index contributed by atoms with van der Waals surface area (Å²) in [5, 5.41) is 6.20. The normalized spacial score (nSPS) is 14.2. The number of benzene rings is 1. The molecule has 0 saturated carbocycles. The fourth-order valence-electron chi connectivity index (χ4n) is 3.19. The van der Waals surface area contributed by atoms with Crippen LogP contribution in [0.15, 0.2) is 42.6 Å². The summed E-state index contributed by atoms with van der Waals surface area (Å²) < 4.78 is 10.3. The number of methoxy groups -OCH3 is 1. The molecule has 1 aliphatic rings. The van der Waals surface area contributed by atoms with E-state index in [0.29, 0.717) is 42.5 Å². The smallest absolute Gasteiger partial charge is 0.409 e. The van der Waals surface area contributed by atoms with Gasteiger partial charge < -0.3 is 25.0 Å². The van der Waals surface area contributed by atoms with E-state index in [0.717, 1.165) is 12.8 Å². The number of anilines is 2. The van der Waals surface area contributed by atoms with Gasteiger partial charge in [0.2, 0.25) is 0 Å². The van der Waals surface area contributed by atoms with Crippen LogP contribution in [0, 0.1) is 0 Å². The highest BCUT2D eigenvalue weighted by Crippen LogP contribution is 2.24. The van der Waals surface area contributed by atoms with E-state index in [1.807, 2.05) is 12.1 Å². The molecule has 1 saturated heterocycles. The van der Waals surface area contributed by atoms with Crippen molar-refractivity contribution in [1.29, 1.82) is 0 Å². The van der Waals surface area contributed by atoms with Crippen LogP contribution in [0.4, 0.5) is 16.3 Å². The van der Waals surface area contributed by atoms with E-state index >= 15 is 0 Å². The molecule has 1 fully saturated rings. The predicted molar refractivity (Wildman–Crippen MR) is 110 cm³/mol. The number of nitrogens with one attached hydrogen (secondary N) is 2. The monoisotopic (exact) mass is 398 g/mol. The first kappa shape index (κ1) is 20.4. The Morgan fingerprint density at radius 3 is 2.59 bits per heavy atom. The molecule has 8 nitrogen and oxygen atoms in total. The second-order valence-corrected chi connectivity index (χ2v) is 6.69. The Bertz CT molecular complexity index is 833. The van der Waals surface area contributed by atoms with Crippen LogP contribution in [0.1, 0.15) is 30.1 Å². The molecule has 3 rings (SSSR count). The lowest BCUT2D eigenvalue weighted by Crippen LogP contribution is -2.42. The first-order valence-electron chi connectivity index (χ1n) is 9.69. The molecule has 2 N–H and O–H groups in total. The van der Waals surface area contributed by atoms with Crippen LogP contribution < -0.4 is 15.4 Å². The molecule has 0 unspecified atom stereocenters. The van der Waals surface area contributed by atoms with Crippen molar-refractivity contribution in [2.45, 2.75) is 25.8 Å². The lowest BCUT2D eigenvalue weighted by Gasteiger charge is -2.31. The van der Waals surface area contributed by atoms with Gasteiger partial charge in [-0.1, -0.05) is 12.1 Å². The quantitative estimate of drug-likeness (QED) is 0.775. The molecule has 8 heteroatoms. The molecule has 1 aromatic carbocycles. The number of carbonyl (C=O) groups excluding carboxylic acids is 2. The van der Waals surface area contributed by atoms with Crippen molar-refractivity contribution >= 4 is 23.5 Å². The van der Waals surface area contributed by atoms with Crippen molar-refractivity contribution in [2.75, 3.05) is 37.4 Å². The maximum Gasteiger partial charge on any atom is 0.409 e. The summed E-state index contributed by atoms with van der Waals surface area (Å²) in [6.07, 6.45) is 2.92. The van der Waals surface area contributed by atoms with Crippen molar-refractivity contribution in [3.8, 4) is 5.75 Å². The van der Waals surface area contributed by atoms with Crippen molar-refractivity contribution in [3.05, 3.63) is 48.2 Å². The van der Waals surface area contributed by atoms with Crippen molar-refractivity contribution in [1.82, 2.24) is 9.88 Å². The second kappa shape index (κ2) is 9.77. The highest BCUT2D eigenvalue weighted by molar-refractivity contribution is 6.04. The van der Waals surface area contributed by atoms with E-state index in [9.17, 15) is 9.59 Å². The summed E-state index contributed by atoms with van der Waals surface area (Å²) >= 11 is 0. The first-order valence-corrected chi connectivity index (χ1v) is 9.69. The van der Waals surface area contributed by atoms with E-state index in [2.05, 4.69) is 15.6 Å². The molecular weight excluding hydrogens is 372 g/mol. The molecule has 0 atom stereocenters. The molecule has 0 aliphatic carbocycles. The van der Waals surface area contributed by atoms with Crippen LogP contribution >= 0.6 is 0 Å². The number of para-hydroxylation sites is 2. The van der Waals surface area contributed by atoms with E-state index in [1.165, 1.54) is 0 Å². The minimum absolute atomic E-state index is 0.224. The van der Waals surface area contributed by atoms with Crippen LogP contribution in [0.3, 0.4) is 0 Å². The fraction of sp³-hybridized carbons (Fsp3) is 0.381. The summed E-state index contributed by atoms with van der Waals surface area (Å²) in [7, 11) is 1.56. The standard InChI is InChI=1S/C21H26N4O4/c1-3-29-21(27)25-12-10-16(11-13-25)23-19-9-8-15(14-22-19)20(26)24-17-6-4-5-7-18(17)28-2/h4-9,14,16H,3,10-13H2,1-2H3,(H,22,23)(H,24,26). The number of pyridine rings is 1. The molecule has 0 radical (unpaired) electrons. The minimum Gasteiger partial charge on any atom is -0.495 e. The third-order valence-electron chi connectivity index (χ3n) is 4.75. The molecule has 154 valence electrons. The summed E-state index contributed by atoms with van der Waals surface area (Å²) in [6, 6.07) is 11.0. The summed E-state index contributed by atoms with van der Waals surface area (Å²) in [4.78, 5) is 30.3. The second-order valence-electron chi connectivity index (χ2n) is 6.69. The van der Waals surface area contributed by atoms with Gasteiger partial charge in [-0.3, -0.25) is 4.79 Å². The molecule has 1 aromatic heterocycles. The summed E-state index contributed by atoms with van der Waals surface area (Å²) in [5.41, 5.74) is 1.06. The highest BCUT2D eigenvalue weighted by atomic mass is 16.6. The Morgan fingerprint density at radius 1 is 1.17 bits per heavy atom. The number of likely N-dealkylation sites (tertiary alicyclic amines) is 1. The van der Waals surface area contributed by atoms with Gasteiger partial charge in [-0.05, 0) is 44.0 Å². The average molecular weight is 398 g/mol. The topological polar surface area (TPSA) is 92.8 Å². The average Bonchev–Trinajstić information content (AvgIpc) is 2.75. The van der Waals surface area contributed by atoms with E-state index in [4.69, 9.17) is 9.47 Å². The zero-order valence-electron chi connectivity index (χ0n) is 16.7. The molecule has 0 bridgehead atoms. The lowest BCUT2D eigenvalue weighted by atomic mass is 10.1. The zero-order chi connectivity index (χ0) is 20.6. The number of carbonyl (C=O) groups is 2. The van der Waals surface area contributed by atoms with Gasteiger partial charge in [0.05, 0.1) is 25.0 Å². The number of piperidine rings is 1. The molecular formula is C21H26N4O4. The summed E-state index contributed by atoms with van der Waals surface area (Å²) in [5.74, 6) is 1.05. The van der Waals surface area contributed by atoms with Gasteiger partial charge in [-0.2, -0.15) is 0 Å². The Balaban J connectivity index is 1.53. The lowest BCUT2D eigenvalue weighted by molar-refractivity contribution is 0.0982. The van der Waals surface area contributed by atoms with Crippen LogP contribution in [0.2, 0.25) is 0 Å². The fourth-order valence-corrected chi connectivity index (χ4v) is 3.19. The predicted octanol–water partition coefficient (Wildman–Crippen LogP) is 3.38. The zero-order valence-corrected chi connectivity index (χ0v) is 16.7. The minimum atomic E-state index is -0.255. The van der Waals surface area contributed by atoms with E-state index in [1.54, 1.807) is 49.4 Å². The molecule has 29 heavy (non-hydrogen) atoms. The number of hydrogen-bond donors (Lipinski definition) is 2. The van der Waals surface area contributed by atoms with Crippen molar-refractivity contribution < 1.29 is 19.1 Å². The van der Waals surface area contributed by atoms with E-state index < -0.39 is 0 Å². The maximum atomic E-state index is 12.5. The van der Waals surface area contributed by atoms with Gasteiger partial charge in [-0.25, -0.2) is 9.78 Å². The van der Waals surface area contributed by atoms with Crippen LogP contribution in [0.25, 0.3) is 0 Å². The SMILES string of the molecule is CCOC(=O)N1CCC(Nc2ccc(C(=O)Nc3ccccc3OC)cn2)CC1. The number of aromatic nitrogens is 1. The molecule has 1 aliphatic heterocycles. The third-order valence-corrected chi connectivity index (χ3v) is 4.75. The first-order chi connectivity index (χ1) is 14.1. The van der Waals surface area contributed by atoms with Gasteiger partial charge >= 0.3 is 6.09 Å². The third kappa shape index (κ3) is 5.37. The Kier molecular flexibility index (Phi) is 6.89. The molecule has 2 amide bonds. The number of nitrogens with zero attached hydrogens (tertiary/aromatic N) is 2. The van der Waals surface area contributed by atoms with Gasteiger partial charge in [0, 0.05) is 25.3 Å². The van der Waals surface area contributed by atoms with Crippen LogP contribution in [-0.2, 0) is 4.74 Å². The maximum absolute atomic E-state index is 12.5. The van der Waals surface area contributed by atoms with Gasteiger partial charge in [0.15, 0.2) is 0 Å². The number of rotatable bonds is 6. The van der Waals surface area contributed by atoms with Gasteiger partial charge in [0.1, 0.15) is 11.6 Å².